The lowest BCUT2D eigenvalue weighted by Gasteiger charge is -2.05. The summed E-state index contributed by atoms with van der Waals surface area (Å²) in [6, 6.07) is 5.42. The topological polar surface area (TPSA) is 59.1 Å². The van der Waals surface area contributed by atoms with Crippen molar-refractivity contribution in [2.75, 3.05) is 7.11 Å². The number of epoxide rings is 1. The summed E-state index contributed by atoms with van der Waals surface area (Å²) in [6.07, 6.45) is -1.14. The first-order valence-electron chi connectivity index (χ1n) is 4.35. The molecular formula is C10H9BrO4. The highest BCUT2D eigenvalue weighted by Crippen LogP contribution is 2.43. The fourth-order valence-electron chi connectivity index (χ4n) is 1.46. The number of halogens is 1. The van der Waals surface area contributed by atoms with Crippen molar-refractivity contribution in [3.05, 3.63) is 28.2 Å². The van der Waals surface area contributed by atoms with Crippen LogP contribution in [0.15, 0.2) is 22.7 Å². The van der Waals surface area contributed by atoms with Gasteiger partial charge in [0.2, 0.25) is 0 Å². The van der Waals surface area contributed by atoms with Crippen molar-refractivity contribution < 1.29 is 19.4 Å². The van der Waals surface area contributed by atoms with Crippen molar-refractivity contribution in [3.63, 3.8) is 0 Å². The summed E-state index contributed by atoms with van der Waals surface area (Å²) < 4.78 is 11.1. The van der Waals surface area contributed by atoms with E-state index in [4.69, 9.17) is 14.6 Å². The molecule has 4 nitrogen and oxygen atoms in total. The molecule has 0 aromatic heterocycles. The first-order chi connectivity index (χ1) is 7.13. The number of rotatable bonds is 3. The Kier molecular flexibility index (Phi) is 2.67. The Morgan fingerprint density at radius 2 is 2.33 bits per heavy atom. The predicted molar refractivity (Wildman–Crippen MR) is 55.9 cm³/mol. The maximum atomic E-state index is 10.7. The molecule has 0 bridgehead atoms. The number of carbonyl (C=O) groups is 1. The lowest BCUT2D eigenvalue weighted by atomic mass is 10.1. The Bertz CT molecular complexity index is 404. The highest BCUT2D eigenvalue weighted by molar-refractivity contribution is 9.10. The van der Waals surface area contributed by atoms with E-state index in [1.165, 1.54) is 0 Å². The summed E-state index contributed by atoms with van der Waals surface area (Å²) in [5.41, 5.74) is 0.763. The van der Waals surface area contributed by atoms with Crippen molar-refractivity contribution in [1.29, 1.82) is 0 Å². The molecule has 1 aromatic carbocycles. The standard InChI is InChI=1S/C10H9BrO4/c1-14-7-3-2-5(11)4-6(7)8-9(15-8)10(12)13/h2-4,8-9H,1H3,(H,12,13). The van der Waals surface area contributed by atoms with Crippen molar-refractivity contribution in [1.82, 2.24) is 0 Å². The van der Waals surface area contributed by atoms with Gasteiger partial charge in [0.25, 0.3) is 0 Å². The fraction of sp³-hybridized carbons (Fsp3) is 0.300. The van der Waals surface area contributed by atoms with Crippen LogP contribution in [0.1, 0.15) is 11.7 Å². The zero-order valence-corrected chi connectivity index (χ0v) is 9.52. The third kappa shape index (κ3) is 1.98. The summed E-state index contributed by atoms with van der Waals surface area (Å²) in [5, 5.41) is 8.74. The molecule has 2 rings (SSSR count). The van der Waals surface area contributed by atoms with Gasteiger partial charge in [-0.05, 0) is 18.2 Å². The Hall–Kier alpha value is -1.07. The lowest BCUT2D eigenvalue weighted by molar-refractivity contribution is -0.138. The Labute approximate surface area is 94.9 Å². The molecule has 80 valence electrons. The van der Waals surface area contributed by atoms with E-state index in [1.807, 2.05) is 12.1 Å². The SMILES string of the molecule is COc1ccc(Br)cc1C1OC1C(=O)O. The Balaban J connectivity index is 2.28. The molecule has 2 atom stereocenters. The van der Waals surface area contributed by atoms with E-state index < -0.39 is 18.2 Å². The second-order valence-electron chi connectivity index (χ2n) is 3.20. The van der Waals surface area contributed by atoms with Crippen LogP contribution in [-0.4, -0.2) is 24.3 Å². The van der Waals surface area contributed by atoms with Crippen LogP contribution in [0.3, 0.4) is 0 Å². The van der Waals surface area contributed by atoms with Crippen molar-refractivity contribution in [3.8, 4) is 5.75 Å². The van der Waals surface area contributed by atoms with Crippen LogP contribution in [0.5, 0.6) is 5.75 Å². The minimum absolute atomic E-state index is 0.394. The number of carboxylic acids is 1. The zero-order chi connectivity index (χ0) is 11.0. The third-order valence-electron chi connectivity index (χ3n) is 2.23. The fourth-order valence-corrected chi connectivity index (χ4v) is 1.84. The second kappa shape index (κ2) is 3.83. The molecule has 0 amide bonds. The van der Waals surface area contributed by atoms with Crippen LogP contribution in [0.2, 0.25) is 0 Å². The summed E-state index contributed by atoms with van der Waals surface area (Å²) >= 11 is 3.32. The molecule has 1 aromatic rings. The zero-order valence-electron chi connectivity index (χ0n) is 7.94. The van der Waals surface area contributed by atoms with Crippen LogP contribution in [0.4, 0.5) is 0 Å². The second-order valence-corrected chi connectivity index (χ2v) is 4.12. The molecule has 0 spiro atoms. The van der Waals surface area contributed by atoms with Gasteiger partial charge in [-0.25, -0.2) is 4.79 Å². The van der Waals surface area contributed by atoms with Gasteiger partial charge in [0, 0.05) is 10.0 Å². The molecule has 1 saturated heterocycles. The summed E-state index contributed by atoms with van der Waals surface area (Å²) in [5.74, 6) is -0.297. The summed E-state index contributed by atoms with van der Waals surface area (Å²) in [7, 11) is 1.55. The predicted octanol–water partition coefficient (Wildman–Crippen LogP) is 1.98. The largest absolute Gasteiger partial charge is 0.496 e. The van der Waals surface area contributed by atoms with E-state index in [0.717, 1.165) is 10.0 Å². The maximum absolute atomic E-state index is 10.7. The van der Waals surface area contributed by atoms with E-state index in [9.17, 15) is 4.79 Å². The molecule has 0 radical (unpaired) electrons. The van der Waals surface area contributed by atoms with E-state index in [2.05, 4.69) is 15.9 Å². The quantitative estimate of drug-likeness (QED) is 0.855. The molecule has 1 heterocycles. The molecular weight excluding hydrogens is 264 g/mol. The van der Waals surface area contributed by atoms with E-state index >= 15 is 0 Å². The normalized spacial score (nSPS) is 23.6. The first-order valence-corrected chi connectivity index (χ1v) is 5.14. The minimum atomic E-state index is -0.943. The van der Waals surface area contributed by atoms with Gasteiger partial charge >= 0.3 is 5.97 Å². The summed E-state index contributed by atoms with van der Waals surface area (Å²) in [6.45, 7) is 0. The van der Waals surface area contributed by atoms with Crippen LogP contribution >= 0.6 is 15.9 Å². The van der Waals surface area contributed by atoms with Gasteiger partial charge in [-0.3, -0.25) is 0 Å². The maximum Gasteiger partial charge on any atom is 0.335 e. The smallest absolute Gasteiger partial charge is 0.335 e. The van der Waals surface area contributed by atoms with Gasteiger partial charge in [0.05, 0.1) is 7.11 Å². The third-order valence-corrected chi connectivity index (χ3v) is 2.73. The van der Waals surface area contributed by atoms with E-state index in [-0.39, 0.29) is 0 Å². The number of methoxy groups -OCH3 is 1. The highest BCUT2D eigenvalue weighted by atomic mass is 79.9. The molecule has 2 unspecified atom stereocenters. The highest BCUT2D eigenvalue weighted by Gasteiger charge is 2.47. The van der Waals surface area contributed by atoms with Crippen molar-refractivity contribution >= 4 is 21.9 Å². The molecule has 15 heavy (non-hydrogen) atoms. The van der Waals surface area contributed by atoms with Crippen LogP contribution in [-0.2, 0) is 9.53 Å². The van der Waals surface area contributed by atoms with Crippen LogP contribution < -0.4 is 4.74 Å². The van der Waals surface area contributed by atoms with Crippen LogP contribution in [0.25, 0.3) is 0 Å². The number of aliphatic carboxylic acids is 1. The monoisotopic (exact) mass is 272 g/mol. The van der Waals surface area contributed by atoms with Gasteiger partial charge < -0.3 is 14.6 Å². The average molecular weight is 273 g/mol. The molecule has 1 aliphatic rings. The number of benzene rings is 1. The Morgan fingerprint density at radius 1 is 1.60 bits per heavy atom. The molecule has 0 aliphatic carbocycles. The lowest BCUT2D eigenvalue weighted by Crippen LogP contribution is -2.05. The van der Waals surface area contributed by atoms with Gasteiger partial charge in [-0.1, -0.05) is 15.9 Å². The Morgan fingerprint density at radius 3 is 2.87 bits per heavy atom. The van der Waals surface area contributed by atoms with E-state index in [1.54, 1.807) is 13.2 Å². The van der Waals surface area contributed by atoms with Gasteiger partial charge in [-0.15, -0.1) is 0 Å². The van der Waals surface area contributed by atoms with E-state index in [0.29, 0.717) is 5.75 Å². The van der Waals surface area contributed by atoms with Gasteiger partial charge in [-0.2, -0.15) is 0 Å². The number of ether oxygens (including phenoxy) is 2. The number of carboxylic acid groups (broad SMARTS) is 1. The minimum Gasteiger partial charge on any atom is -0.496 e. The molecule has 0 saturated carbocycles. The molecule has 1 N–H and O–H groups in total. The molecule has 1 fully saturated rings. The van der Waals surface area contributed by atoms with Crippen molar-refractivity contribution in [2.24, 2.45) is 0 Å². The number of hydrogen-bond acceptors (Lipinski definition) is 3. The van der Waals surface area contributed by atoms with Gasteiger partial charge in [0.15, 0.2) is 6.10 Å². The molecule has 1 aliphatic heterocycles. The summed E-state index contributed by atoms with van der Waals surface area (Å²) in [4.78, 5) is 10.7. The first kappa shape index (κ1) is 10.4. The van der Waals surface area contributed by atoms with Crippen molar-refractivity contribution in [2.45, 2.75) is 12.2 Å². The number of hydrogen-bond donors (Lipinski definition) is 1. The average Bonchev–Trinajstić information content (AvgIpc) is 2.97. The molecule has 5 heteroatoms. The van der Waals surface area contributed by atoms with Crippen LogP contribution in [0, 0.1) is 0 Å². The van der Waals surface area contributed by atoms with Gasteiger partial charge in [0.1, 0.15) is 11.9 Å².